The summed E-state index contributed by atoms with van der Waals surface area (Å²) in [5, 5.41) is 0. The van der Waals surface area contributed by atoms with E-state index in [1.54, 1.807) is 0 Å². The quantitative estimate of drug-likeness (QED) is 0.591. The van der Waals surface area contributed by atoms with Crippen molar-refractivity contribution >= 4 is 0 Å². The van der Waals surface area contributed by atoms with E-state index in [1.165, 1.54) is 0 Å². The summed E-state index contributed by atoms with van der Waals surface area (Å²) in [7, 11) is 0. The van der Waals surface area contributed by atoms with Crippen LogP contribution in [-0.4, -0.2) is 6.54 Å². The van der Waals surface area contributed by atoms with Crippen molar-refractivity contribution in [2.45, 2.75) is 34.1 Å². The van der Waals surface area contributed by atoms with Crippen LogP contribution in [0.15, 0.2) is 12.2 Å². The molecule has 0 atom stereocenters. The van der Waals surface area contributed by atoms with Gasteiger partial charge in [-0.2, -0.15) is 0 Å². The summed E-state index contributed by atoms with van der Waals surface area (Å²) in [6, 6.07) is 0. The smallest absolute Gasteiger partial charge is 0.00799 e. The maximum Gasteiger partial charge on any atom is -0.00799 e. The van der Waals surface area contributed by atoms with Gasteiger partial charge in [-0.15, -0.1) is 0 Å². The standard InChI is InChI=1S/C6H12.C3H9N/c1-4-5-6(2)3;1-2-3-4/h4-6H,1-3H3;2-4H2,1H3. The molecule has 62 valence electrons. The number of hydrogen-bond donors (Lipinski definition) is 1. The molecule has 0 aromatic rings. The van der Waals surface area contributed by atoms with Crippen molar-refractivity contribution in [1.29, 1.82) is 0 Å². The Kier molecular flexibility index (Phi) is 14.2. The normalized spacial score (nSPS) is 9.80. The predicted octanol–water partition coefficient (Wildman–Crippen LogP) is 2.57. The Morgan fingerprint density at radius 2 is 1.80 bits per heavy atom. The molecule has 0 radical (unpaired) electrons. The summed E-state index contributed by atoms with van der Waals surface area (Å²) in [6.07, 6.45) is 5.34. The molecule has 1 heteroatoms. The molecule has 1 nitrogen and oxygen atoms in total. The van der Waals surface area contributed by atoms with Gasteiger partial charge in [-0.3, -0.25) is 0 Å². The van der Waals surface area contributed by atoms with Crippen LogP contribution in [0.1, 0.15) is 34.1 Å². The van der Waals surface area contributed by atoms with Crippen LogP contribution in [0.25, 0.3) is 0 Å². The molecule has 0 spiro atoms. The van der Waals surface area contributed by atoms with E-state index in [1.807, 2.05) is 6.92 Å². The molecule has 0 rings (SSSR count). The molecule has 0 heterocycles. The molecule has 0 saturated carbocycles. The van der Waals surface area contributed by atoms with Crippen LogP contribution in [0.2, 0.25) is 0 Å². The highest BCUT2D eigenvalue weighted by atomic mass is 14.5. The Morgan fingerprint density at radius 3 is 1.80 bits per heavy atom. The number of rotatable bonds is 2. The van der Waals surface area contributed by atoms with E-state index in [0.29, 0.717) is 0 Å². The predicted molar refractivity (Wildman–Crippen MR) is 49.0 cm³/mol. The van der Waals surface area contributed by atoms with Crippen molar-refractivity contribution in [1.82, 2.24) is 0 Å². The van der Waals surface area contributed by atoms with Gasteiger partial charge in [-0.25, -0.2) is 0 Å². The van der Waals surface area contributed by atoms with E-state index in [2.05, 4.69) is 32.9 Å². The zero-order chi connectivity index (χ0) is 8.41. The van der Waals surface area contributed by atoms with Crippen LogP contribution in [0, 0.1) is 5.92 Å². The molecule has 0 amide bonds. The maximum atomic E-state index is 5.03. The van der Waals surface area contributed by atoms with Gasteiger partial charge >= 0.3 is 0 Å². The molecule has 0 aliphatic rings. The molecule has 0 aromatic carbocycles. The fraction of sp³-hybridized carbons (Fsp3) is 0.778. The zero-order valence-electron chi connectivity index (χ0n) is 7.72. The summed E-state index contributed by atoms with van der Waals surface area (Å²) in [5.74, 6) is 0.718. The average molecular weight is 143 g/mol. The molecule has 0 bridgehead atoms. The van der Waals surface area contributed by atoms with Crippen molar-refractivity contribution in [3.8, 4) is 0 Å². The molecule has 0 aliphatic heterocycles. The van der Waals surface area contributed by atoms with E-state index in [0.717, 1.165) is 18.9 Å². The summed E-state index contributed by atoms with van der Waals surface area (Å²) < 4.78 is 0. The molecule has 0 unspecified atom stereocenters. The van der Waals surface area contributed by atoms with E-state index in [-0.39, 0.29) is 0 Å². The van der Waals surface area contributed by atoms with Gasteiger partial charge in [-0.1, -0.05) is 32.9 Å². The first-order chi connectivity index (χ1) is 4.68. The van der Waals surface area contributed by atoms with E-state index >= 15 is 0 Å². The van der Waals surface area contributed by atoms with Gasteiger partial charge < -0.3 is 5.73 Å². The highest BCUT2D eigenvalue weighted by Crippen LogP contribution is 1.90. The highest BCUT2D eigenvalue weighted by Gasteiger charge is 1.76. The van der Waals surface area contributed by atoms with Crippen molar-refractivity contribution in [3.63, 3.8) is 0 Å². The lowest BCUT2D eigenvalue weighted by Crippen LogP contribution is -1.93. The van der Waals surface area contributed by atoms with Gasteiger partial charge in [0.1, 0.15) is 0 Å². The van der Waals surface area contributed by atoms with Crippen molar-refractivity contribution in [2.75, 3.05) is 6.54 Å². The zero-order valence-corrected chi connectivity index (χ0v) is 7.72. The van der Waals surface area contributed by atoms with Gasteiger partial charge in [0.05, 0.1) is 0 Å². The van der Waals surface area contributed by atoms with Crippen LogP contribution in [0.4, 0.5) is 0 Å². The Hall–Kier alpha value is -0.300. The summed E-state index contributed by atoms with van der Waals surface area (Å²) >= 11 is 0. The number of nitrogens with two attached hydrogens (primary N) is 1. The molecule has 0 aliphatic carbocycles. The molecular formula is C9H21N. The third-order valence-corrected chi connectivity index (χ3v) is 0.866. The fourth-order valence-corrected chi connectivity index (χ4v) is 0.385. The lowest BCUT2D eigenvalue weighted by atomic mass is 10.2. The van der Waals surface area contributed by atoms with Gasteiger partial charge in [0.15, 0.2) is 0 Å². The average Bonchev–Trinajstić information content (AvgIpc) is 1.89. The minimum atomic E-state index is 0.718. The Morgan fingerprint density at radius 1 is 1.40 bits per heavy atom. The first-order valence-corrected chi connectivity index (χ1v) is 4.01. The van der Waals surface area contributed by atoms with Gasteiger partial charge in [0.2, 0.25) is 0 Å². The van der Waals surface area contributed by atoms with Crippen LogP contribution in [0.3, 0.4) is 0 Å². The van der Waals surface area contributed by atoms with Crippen LogP contribution < -0.4 is 5.73 Å². The van der Waals surface area contributed by atoms with Gasteiger partial charge in [0, 0.05) is 0 Å². The van der Waals surface area contributed by atoms with Crippen molar-refractivity contribution in [3.05, 3.63) is 12.2 Å². The molecule has 2 N–H and O–H groups in total. The lowest BCUT2D eigenvalue weighted by Gasteiger charge is -1.86. The summed E-state index contributed by atoms with van der Waals surface area (Å²) in [4.78, 5) is 0. The van der Waals surface area contributed by atoms with Crippen LogP contribution in [-0.2, 0) is 0 Å². The van der Waals surface area contributed by atoms with E-state index in [9.17, 15) is 0 Å². The summed E-state index contributed by atoms with van der Waals surface area (Å²) in [6.45, 7) is 9.25. The van der Waals surface area contributed by atoms with Crippen LogP contribution >= 0.6 is 0 Å². The van der Waals surface area contributed by atoms with Crippen molar-refractivity contribution in [2.24, 2.45) is 11.7 Å². The molecule has 0 saturated heterocycles. The summed E-state index contributed by atoms with van der Waals surface area (Å²) in [5.41, 5.74) is 5.03. The molecule has 10 heavy (non-hydrogen) atoms. The van der Waals surface area contributed by atoms with Crippen LogP contribution in [0.5, 0.6) is 0 Å². The van der Waals surface area contributed by atoms with E-state index < -0.39 is 0 Å². The Bertz CT molecular complexity index is 63.1. The van der Waals surface area contributed by atoms with Gasteiger partial charge in [0.25, 0.3) is 0 Å². The first-order valence-electron chi connectivity index (χ1n) is 4.01. The fourth-order valence-electron chi connectivity index (χ4n) is 0.385. The van der Waals surface area contributed by atoms with Crippen molar-refractivity contribution < 1.29 is 0 Å². The SMILES string of the molecule is CC=CC(C)C.CCCN. The van der Waals surface area contributed by atoms with Gasteiger partial charge in [-0.05, 0) is 25.8 Å². The topological polar surface area (TPSA) is 26.0 Å². The first kappa shape index (κ1) is 12.4. The second-order valence-electron chi connectivity index (χ2n) is 2.56. The minimum Gasteiger partial charge on any atom is -0.330 e. The Labute approximate surface area is 65.3 Å². The van der Waals surface area contributed by atoms with E-state index in [4.69, 9.17) is 5.73 Å². The maximum absolute atomic E-state index is 5.03. The third kappa shape index (κ3) is 25.2. The monoisotopic (exact) mass is 143 g/mol. The number of hydrogen-bond acceptors (Lipinski definition) is 1. The third-order valence-electron chi connectivity index (χ3n) is 0.866. The number of allylic oxidation sites excluding steroid dienone is 2. The largest absolute Gasteiger partial charge is 0.330 e. The second-order valence-corrected chi connectivity index (χ2v) is 2.56. The molecule has 0 fully saturated rings. The Balaban J connectivity index is 0. The lowest BCUT2D eigenvalue weighted by molar-refractivity contribution is 0.830. The minimum absolute atomic E-state index is 0.718. The molecule has 0 aromatic heterocycles. The molecular weight excluding hydrogens is 122 g/mol. The second kappa shape index (κ2) is 11.5. The highest BCUT2D eigenvalue weighted by molar-refractivity contribution is 4.79.